The van der Waals surface area contributed by atoms with Crippen LogP contribution in [0.4, 0.5) is 0 Å². The van der Waals surface area contributed by atoms with Crippen LogP contribution in [0.1, 0.15) is 33.6 Å². The van der Waals surface area contributed by atoms with Gasteiger partial charge >= 0.3 is 0 Å². The van der Waals surface area contributed by atoms with E-state index in [1.165, 1.54) is 4.31 Å². The number of hydrogen-bond donors (Lipinski definition) is 0. The maximum Gasteiger partial charge on any atom is 0.214 e. The molecule has 0 spiro atoms. The minimum absolute atomic E-state index is 0.136. The number of piperidine rings is 1. The molecule has 0 saturated carbocycles. The van der Waals surface area contributed by atoms with Gasteiger partial charge in [-0.1, -0.05) is 20.8 Å². The van der Waals surface area contributed by atoms with Gasteiger partial charge in [0.1, 0.15) is 0 Å². The Morgan fingerprint density at radius 3 is 2.56 bits per heavy atom. The molecule has 0 N–H and O–H groups in total. The second kappa shape index (κ2) is 4.72. The maximum atomic E-state index is 12.1. The van der Waals surface area contributed by atoms with E-state index < -0.39 is 10.0 Å². The van der Waals surface area contributed by atoms with Crippen LogP contribution in [-0.4, -0.2) is 31.6 Å². The van der Waals surface area contributed by atoms with Crippen molar-refractivity contribution in [1.29, 1.82) is 5.26 Å². The second-order valence-corrected chi connectivity index (χ2v) is 7.61. The van der Waals surface area contributed by atoms with Gasteiger partial charge in [0.15, 0.2) is 0 Å². The topological polar surface area (TPSA) is 61.2 Å². The van der Waals surface area contributed by atoms with E-state index in [4.69, 9.17) is 5.26 Å². The lowest BCUT2D eigenvalue weighted by Gasteiger charge is -2.31. The van der Waals surface area contributed by atoms with E-state index in [-0.39, 0.29) is 17.1 Å². The van der Waals surface area contributed by atoms with Gasteiger partial charge in [0.25, 0.3) is 0 Å². The molecule has 16 heavy (non-hydrogen) atoms. The maximum absolute atomic E-state index is 12.1. The molecule has 1 aliphatic heterocycles. The van der Waals surface area contributed by atoms with Gasteiger partial charge in [0, 0.05) is 13.1 Å². The number of rotatable bonds is 2. The fraction of sp³-hybridized carbons (Fsp3) is 0.909. The largest absolute Gasteiger partial charge is 0.214 e. The summed E-state index contributed by atoms with van der Waals surface area (Å²) in [5.74, 6) is 0.0153. The van der Waals surface area contributed by atoms with Crippen molar-refractivity contribution in [2.75, 3.05) is 18.8 Å². The first-order chi connectivity index (χ1) is 7.24. The van der Waals surface area contributed by atoms with Crippen LogP contribution in [0.15, 0.2) is 0 Å². The lowest BCUT2D eigenvalue weighted by atomic mass is 10.0. The van der Waals surface area contributed by atoms with Crippen LogP contribution in [0.5, 0.6) is 0 Å². The summed E-state index contributed by atoms with van der Waals surface area (Å²) in [5.41, 5.74) is -0.238. The van der Waals surface area contributed by atoms with Crippen LogP contribution < -0.4 is 0 Å². The Morgan fingerprint density at radius 1 is 1.44 bits per heavy atom. The first-order valence-electron chi connectivity index (χ1n) is 5.62. The normalized spacial score (nSPS) is 24.0. The summed E-state index contributed by atoms with van der Waals surface area (Å²) in [6, 6.07) is 2.16. The average molecular weight is 244 g/mol. The van der Waals surface area contributed by atoms with E-state index in [1.807, 2.05) is 20.8 Å². The van der Waals surface area contributed by atoms with Crippen molar-refractivity contribution in [3.05, 3.63) is 0 Å². The van der Waals surface area contributed by atoms with E-state index in [0.717, 1.165) is 12.8 Å². The molecule has 0 aromatic rings. The lowest BCUT2D eigenvalue weighted by molar-refractivity contribution is 0.299. The van der Waals surface area contributed by atoms with Gasteiger partial charge in [-0.15, -0.1) is 0 Å². The third-order valence-electron chi connectivity index (χ3n) is 2.58. The van der Waals surface area contributed by atoms with E-state index in [1.54, 1.807) is 0 Å². The first-order valence-corrected chi connectivity index (χ1v) is 7.23. The van der Waals surface area contributed by atoms with Gasteiger partial charge in [-0.25, -0.2) is 12.7 Å². The molecule has 4 nitrogen and oxygen atoms in total. The molecule has 1 saturated heterocycles. The molecule has 0 amide bonds. The van der Waals surface area contributed by atoms with Gasteiger partial charge in [-0.2, -0.15) is 5.26 Å². The van der Waals surface area contributed by atoms with Crippen molar-refractivity contribution in [3.8, 4) is 6.07 Å². The Bertz CT molecular complexity index is 376. The molecule has 5 heteroatoms. The predicted octanol–water partition coefficient (Wildman–Crippen LogP) is 1.60. The molecular formula is C11H20N2O2S. The standard InChI is InChI=1S/C11H20N2O2S/c1-11(2,3)9-16(14,15)13-6-4-5-10(7-12)8-13/h10H,4-6,8-9H2,1-3H3. The van der Waals surface area contributed by atoms with E-state index in [9.17, 15) is 8.42 Å². The zero-order valence-corrected chi connectivity index (χ0v) is 11.0. The molecule has 0 aromatic carbocycles. The van der Waals surface area contributed by atoms with Gasteiger partial charge in [-0.3, -0.25) is 0 Å². The zero-order valence-electron chi connectivity index (χ0n) is 10.2. The fourth-order valence-corrected chi connectivity index (χ4v) is 4.03. The van der Waals surface area contributed by atoms with Crippen molar-refractivity contribution in [1.82, 2.24) is 4.31 Å². The highest BCUT2D eigenvalue weighted by Crippen LogP contribution is 2.23. The van der Waals surface area contributed by atoms with Gasteiger partial charge < -0.3 is 0 Å². The Labute approximate surface area is 98.3 Å². The average Bonchev–Trinajstić information content (AvgIpc) is 2.14. The van der Waals surface area contributed by atoms with Crippen LogP contribution in [0.3, 0.4) is 0 Å². The highest BCUT2D eigenvalue weighted by molar-refractivity contribution is 7.89. The van der Waals surface area contributed by atoms with Crippen LogP contribution >= 0.6 is 0 Å². The van der Waals surface area contributed by atoms with Crippen LogP contribution in [0, 0.1) is 22.7 Å². The number of nitrogens with zero attached hydrogens (tertiary/aromatic N) is 2. The Hall–Kier alpha value is -0.600. The van der Waals surface area contributed by atoms with Crippen LogP contribution in [0.2, 0.25) is 0 Å². The fourth-order valence-electron chi connectivity index (χ4n) is 1.94. The van der Waals surface area contributed by atoms with Crippen molar-refractivity contribution < 1.29 is 8.42 Å². The smallest absolute Gasteiger partial charge is 0.212 e. The lowest BCUT2D eigenvalue weighted by Crippen LogP contribution is -2.42. The third-order valence-corrected chi connectivity index (χ3v) is 4.92. The quantitative estimate of drug-likeness (QED) is 0.741. The summed E-state index contributed by atoms with van der Waals surface area (Å²) < 4.78 is 25.6. The highest BCUT2D eigenvalue weighted by atomic mass is 32.2. The molecule has 1 rings (SSSR count). The summed E-state index contributed by atoms with van der Waals surface area (Å²) in [6.45, 7) is 6.67. The summed E-state index contributed by atoms with van der Waals surface area (Å²) in [5, 5.41) is 8.84. The minimum atomic E-state index is -3.20. The molecule has 1 aliphatic rings. The Morgan fingerprint density at radius 2 is 2.06 bits per heavy atom. The molecule has 1 heterocycles. The van der Waals surface area contributed by atoms with E-state index >= 15 is 0 Å². The van der Waals surface area contributed by atoms with Gasteiger partial charge in [0.2, 0.25) is 10.0 Å². The molecule has 1 fully saturated rings. The van der Waals surface area contributed by atoms with Crippen molar-refractivity contribution in [3.63, 3.8) is 0 Å². The van der Waals surface area contributed by atoms with Gasteiger partial charge in [0.05, 0.1) is 17.7 Å². The molecule has 0 aliphatic carbocycles. The molecule has 0 aromatic heterocycles. The predicted molar refractivity (Wildman–Crippen MR) is 63.2 cm³/mol. The Kier molecular flexibility index (Phi) is 3.97. The van der Waals surface area contributed by atoms with E-state index in [0.29, 0.717) is 13.1 Å². The molecule has 0 bridgehead atoms. The monoisotopic (exact) mass is 244 g/mol. The molecule has 0 radical (unpaired) electrons. The van der Waals surface area contributed by atoms with Crippen molar-refractivity contribution in [2.24, 2.45) is 11.3 Å². The molecule has 1 unspecified atom stereocenters. The van der Waals surface area contributed by atoms with E-state index in [2.05, 4.69) is 6.07 Å². The number of hydrogen-bond acceptors (Lipinski definition) is 3. The third kappa shape index (κ3) is 3.76. The van der Waals surface area contributed by atoms with Crippen molar-refractivity contribution >= 4 is 10.0 Å². The summed E-state index contributed by atoms with van der Waals surface area (Å²) >= 11 is 0. The summed E-state index contributed by atoms with van der Waals surface area (Å²) in [7, 11) is -3.20. The highest BCUT2D eigenvalue weighted by Gasteiger charge is 2.31. The number of sulfonamides is 1. The van der Waals surface area contributed by atoms with Crippen molar-refractivity contribution in [2.45, 2.75) is 33.6 Å². The molecular weight excluding hydrogens is 224 g/mol. The first kappa shape index (κ1) is 13.5. The molecule has 92 valence electrons. The minimum Gasteiger partial charge on any atom is -0.212 e. The summed E-state index contributed by atoms with van der Waals surface area (Å²) in [6.07, 6.45) is 1.61. The Balaban J connectivity index is 2.73. The van der Waals surface area contributed by atoms with Crippen LogP contribution in [0.25, 0.3) is 0 Å². The SMILES string of the molecule is CC(C)(C)CS(=O)(=O)N1CCCC(C#N)C1. The second-order valence-electron chi connectivity index (χ2n) is 5.64. The summed E-state index contributed by atoms with van der Waals surface area (Å²) in [4.78, 5) is 0. The zero-order chi connectivity index (χ0) is 12.4. The van der Waals surface area contributed by atoms with Gasteiger partial charge in [-0.05, 0) is 18.3 Å². The number of nitriles is 1. The molecule has 1 atom stereocenters. The van der Waals surface area contributed by atoms with Crippen LogP contribution in [-0.2, 0) is 10.0 Å².